The predicted octanol–water partition coefficient (Wildman–Crippen LogP) is 3.63. The molecule has 6 rings (SSSR count). The second kappa shape index (κ2) is 8.77. The molecular formula is C26H36FN3O2. The molecule has 174 valence electrons. The SMILES string of the molecule is CC(C(=O)NC12CC3CC(CC(C3)C1)C2)N1CCC(C(=O)NCc2ccc(F)cc2)CC1. The summed E-state index contributed by atoms with van der Waals surface area (Å²) >= 11 is 0. The van der Waals surface area contributed by atoms with Crippen LogP contribution in [0, 0.1) is 29.5 Å². The van der Waals surface area contributed by atoms with Crippen molar-refractivity contribution in [1.82, 2.24) is 15.5 Å². The minimum Gasteiger partial charge on any atom is -0.352 e. The van der Waals surface area contributed by atoms with E-state index in [0.29, 0.717) is 6.54 Å². The highest BCUT2D eigenvalue weighted by molar-refractivity contribution is 5.82. The number of nitrogens with one attached hydrogen (secondary N) is 2. The first kappa shape index (κ1) is 21.9. The molecule has 1 aromatic carbocycles. The Kier molecular flexibility index (Phi) is 5.99. The van der Waals surface area contributed by atoms with Gasteiger partial charge >= 0.3 is 0 Å². The fourth-order valence-corrected chi connectivity index (χ4v) is 7.28. The summed E-state index contributed by atoms with van der Waals surface area (Å²) in [6.45, 7) is 3.97. The molecule has 6 heteroatoms. The van der Waals surface area contributed by atoms with Crippen molar-refractivity contribution < 1.29 is 14.0 Å². The van der Waals surface area contributed by atoms with Crippen LogP contribution in [0.2, 0.25) is 0 Å². The highest BCUT2D eigenvalue weighted by atomic mass is 19.1. The monoisotopic (exact) mass is 441 g/mol. The summed E-state index contributed by atoms with van der Waals surface area (Å²) in [4.78, 5) is 28.0. The molecular weight excluding hydrogens is 405 g/mol. The van der Waals surface area contributed by atoms with E-state index < -0.39 is 0 Å². The Hall–Kier alpha value is -1.95. The highest BCUT2D eigenvalue weighted by Gasteiger charge is 2.51. The summed E-state index contributed by atoms with van der Waals surface area (Å²) in [5.41, 5.74) is 0.950. The van der Waals surface area contributed by atoms with Crippen LogP contribution >= 0.6 is 0 Å². The van der Waals surface area contributed by atoms with E-state index in [4.69, 9.17) is 0 Å². The smallest absolute Gasteiger partial charge is 0.237 e. The van der Waals surface area contributed by atoms with Crippen LogP contribution in [-0.4, -0.2) is 41.4 Å². The average molecular weight is 442 g/mol. The van der Waals surface area contributed by atoms with E-state index in [1.165, 1.54) is 50.7 Å². The number of benzene rings is 1. The number of halogens is 1. The summed E-state index contributed by atoms with van der Waals surface area (Å²) in [5, 5.41) is 6.49. The number of likely N-dealkylation sites (tertiary alicyclic amines) is 1. The van der Waals surface area contributed by atoms with Crippen LogP contribution in [0.4, 0.5) is 4.39 Å². The fourth-order valence-electron chi connectivity index (χ4n) is 7.28. The third-order valence-electron chi connectivity index (χ3n) is 8.63. The van der Waals surface area contributed by atoms with Crippen LogP contribution in [0.1, 0.15) is 63.9 Å². The lowest BCUT2D eigenvalue weighted by molar-refractivity contribution is -0.132. The summed E-state index contributed by atoms with van der Waals surface area (Å²) in [5.74, 6) is 2.40. The molecule has 32 heavy (non-hydrogen) atoms. The molecule has 4 bridgehead atoms. The van der Waals surface area contributed by atoms with Gasteiger partial charge in [-0.1, -0.05) is 12.1 Å². The molecule has 1 unspecified atom stereocenters. The number of hydrogen-bond donors (Lipinski definition) is 2. The molecule has 4 aliphatic carbocycles. The molecule has 5 nitrogen and oxygen atoms in total. The minimum absolute atomic E-state index is 0.0230. The molecule has 1 heterocycles. The van der Waals surface area contributed by atoms with Gasteiger partial charge in [-0.15, -0.1) is 0 Å². The number of nitrogens with zero attached hydrogens (tertiary/aromatic N) is 1. The van der Waals surface area contributed by atoms with Gasteiger partial charge in [0.2, 0.25) is 11.8 Å². The van der Waals surface area contributed by atoms with Crippen molar-refractivity contribution in [3.05, 3.63) is 35.6 Å². The third kappa shape index (κ3) is 4.57. The lowest BCUT2D eigenvalue weighted by atomic mass is 9.53. The summed E-state index contributed by atoms with van der Waals surface area (Å²) in [6, 6.07) is 6.07. The van der Waals surface area contributed by atoms with Crippen molar-refractivity contribution in [1.29, 1.82) is 0 Å². The van der Waals surface area contributed by atoms with Gasteiger partial charge in [0.15, 0.2) is 0 Å². The second-order valence-corrected chi connectivity index (χ2v) is 11.0. The van der Waals surface area contributed by atoms with Crippen molar-refractivity contribution in [2.24, 2.45) is 23.7 Å². The molecule has 5 aliphatic rings. The molecule has 0 spiro atoms. The van der Waals surface area contributed by atoms with E-state index in [-0.39, 0.29) is 35.1 Å². The number of carbonyl (C=O) groups excluding carboxylic acids is 2. The Morgan fingerprint density at radius 1 is 1.03 bits per heavy atom. The fraction of sp³-hybridized carbons (Fsp3) is 0.692. The zero-order valence-corrected chi connectivity index (χ0v) is 19.1. The van der Waals surface area contributed by atoms with Crippen molar-refractivity contribution in [2.75, 3.05) is 13.1 Å². The van der Waals surface area contributed by atoms with E-state index in [0.717, 1.165) is 49.2 Å². The molecule has 0 aromatic heterocycles. The van der Waals surface area contributed by atoms with E-state index in [2.05, 4.69) is 15.5 Å². The number of rotatable bonds is 6. The van der Waals surface area contributed by atoms with E-state index in [9.17, 15) is 14.0 Å². The Balaban J connectivity index is 1.09. The molecule has 4 saturated carbocycles. The first-order chi connectivity index (χ1) is 15.4. The Morgan fingerprint density at radius 3 is 2.16 bits per heavy atom. The first-order valence-electron chi connectivity index (χ1n) is 12.5. The largest absolute Gasteiger partial charge is 0.352 e. The third-order valence-corrected chi connectivity index (χ3v) is 8.63. The number of hydrogen-bond acceptors (Lipinski definition) is 3. The van der Waals surface area contributed by atoms with Crippen LogP contribution in [-0.2, 0) is 16.1 Å². The first-order valence-corrected chi connectivity index (χ1v) is 12.5. The molecule has 1 saturated heterocycles. The summed E-state index contributed by atoms with van der Waals surface area (Å²) in [7, 11) is 0. The molecule has 0 radical (unpaired) electrons. The van der Waals surface area contributed by atoms with E-state index in [1.807, 2.05) is 6.92 Å². The maximum atomic E-state index is 13.2. The Bertz CT molecular complexity index is 812. The van der Waals surface area contributed by atoms with Crippen molar-refractivity contribution in [3.8, 4) is 0 Å². The topological polar surface area (TPSA) is 61.4 Å². The quantitative estimate of drug-likeness (QED) is 0.709. The zero-order valence-electron chi connectivity index (χ0n) is 19.1. The van der Waals surface area contributed by atoms with E-state index in [1.54, 1.807) is 12.1 Å². The minimum atomic E-state index is -0.270. The molecule has 5 fully saturated rings. The molecule has 1 aromatic rings. The molecule has 1 atom stereocenters. The lowest BCUT2D eigenvalue weighted by Gasteiger charge is -2.57. The Labute approximate surface area is 190 Å². The van der Waals surface area contributed by atoms with Gasteiger partial charge in [-0.05, 0) is 107 Å². The van der Waals surface area contributed by atoms with Gasteiger partial charge in [0.1, 0.15) is 5.82 Å². The number of piperidine rings is 1. The van der Waals surface area contributed by atoms with Gasteiger partial charge in [0, 0.05) is 18.0 Å². The van der Waals surface area contributed by atoms with Crippen molar-refractivity contribution >= 4 is 11.8 Å². The summed E-state index contributed by atoms with van der Waals surface area (Å²) in [6.07, 6.45) is 9.19. The van der Waals surface area contributed by atoms with Crippen LogP contribution in [0.15, 0.2) is 24.3 Å². The van der Waals surface area contributed by atoms with Crippen LogP contribution in [0.3, 0.4) is 0 Å². The zero-order chi connectivity index (χ0) is 22.3. The predicted molar refractivity (Wildman–Crippen MR) is 121 cm³/mol. The van der Waals surface area contributed by atoms with Gasteiger partial charge in [0.05, 0.1) is 6.04 Å². The van der Waals surface area contributed by atoms with Crippen molar-refractivity contribution in [3.63, 3.8) is 0 Å². The van der Waals surface area contributed by atoms with Crippen LogP contribution in [0.25, 0.3) is 0 Å². The lowest BCUT2D eigenvalue weighted by Crippen LogP contribution is -2.62. The summed E-state index contributed by atoms with van der Waals surface area (Å²) < 4.78 is 13.0. The maximum absolute atomic E-state index is 13.2. The second-order valence-electron chi connectivity index (χ2n) is 11.0. The van der Waals surface area contributed by atoms with Gasteiger partial charge in [-0.3, -0.25) is 14.5 Å². The average Bonchev–Trinajstić information content (AvgIpc) is 2.77. The molecule has 2 N–H and O–H groups in total. The van der Waals surface area contributed by atoms with Crippen LogP contribution in [0.5, 0.6) is 0 Å². The van der Waals surface area contributed by atoms with Gasteiger partial charge in [-0.2, -0.15) is 0 Å². The maximum Gasteiger partial charge on any atom is 0.237 e. The van der Waals surface area contributed by atoms with Gasteiger partial charge in [-0.25, -0.2) is 4.39 Å². The van der Waals surface area contributed by atoms with E-state index >= 15 is 0 Å². The van der Waals surface area contributed by atoms with Gasteiger partial charge in [0.25, 0.3) is 0 Å². The van der Waals surface area contributed by atoms with Crippen molar-refractivity contribution in [2.45, 2.75) is 76.4 Å². The molecule has 1 aliphatic heterocycles. The molecule has 2 amide bonds. The van der Waals surface area contributed by atoms with Crippen LogP contribution < -0.4 is 10.6 Å². The highest BCUT2D eigenvalue weighted by Crippen LogP contribution is 2.55. The number of amides is 2. The number of carbonyl (C=O) groups is 2. The standard InChI is InChI=1S/C26H36FN3O2/c1-17(24(31)29-26-13-19-10-20(14-26)12-21(11-19)15-26)30-8-6-22(7-9-30)25(32)28-16-18-2-4-23(27)5-3-18/h2-5,17,19-22H,6-16H2,1H3,(H,28,32)(H,29,31). The van der Waals surface area contributed by atoms with Gasteiger partial charge < -0.3 is 10.6 Å². The normalized spacial score (nSPS) is 33.1. The Morgan fingerprint density at radius 2 is 1.59 bits per heavy atom.